The highest BCUT2D eigenvalue weighted by molar-refractivity contribution is 7.20. The van der Waals surface area contributed by atoms with Crippen LogP contribution in [-0.2, 0) is 4.74 Å². The van der Waals surface area contributed by atoms with Crippen LogP contribution in [0.5, 0.6) is 0 Å². The molecule has 1 aliphatic rings. The summed E-state index contributed by atoms with van der Waals surface area (Å²) in [6.45, 7) is 10.8. The van der Waals surface area contributed by atoms with Gasteiger partial charge in [-0.3, -0.25) is 9.69 Å². The van der Waals surface area contributed by atoms with Gasteiger partial charge in [-0.05, 0) is 39.3 Å². The molecule has 28 heavy (non-hydrogen) atoms. The van der Waals surface area contributed by atoms with Gasteiger partial charge in [0.25, 0.3) is 5.91 Å². The Bertz CT molecular complexity index is 817. The number of rotatable bonds is 8. The third-order valence-corrected chi connectivity index (χ3v) is 6.03. The van der Waals surface area contributed by atoms with Crippen molar-refractivity contribution in [1.82, 2.24) is 20.2 Å². The number of ether oxygens (including phenoxy) is 1. The number of hydrogen-bond acceptors (Lipinski definition) is 8. The SMILES string of the molecule is Cc1c(C(=O)NC(C)(C)CO)sc2ncnc(NCCCN3CCOCC3)c12. The molecule has 0 radical (unpaired) electrons. The van der Waals surface area contributed by atoms with Gasteiger partial charge in [-0.25, -0.2) is 9.97 Å². The first-order valence-corrected chi connectivity index (χ1v) is 10.4. The average Bonchev–Trinajstić information content (AvgIpc) is 3.03. The molecule has 0 bridgehead atoms. The molecule has 3 N–H and O–H groups in total. The number of thiophene rings is 1. The smallest absolute Gasteiger partial charge is 0.262 e. The molecule has 1 amide bonds. The molecule has 0 aliphatic carbocycles. The highest BCUT2D eigenvalue weighted by atomic mass is 32.1. The molecule has 0 saturated carbocycles. The maximum Gasteiger partial charge on any atom is 0.262 e. The van der Waals surface area contributed by atoms with E-state index in [9.17, 15) is 9.90 Å². The van der Waals surface area contributed by atoms with Crippen LogP contribution in [0.4, 0.5) is 5.82 Å². The van der Waals surface area contributed by atoms with Crippen LogP contribution in [0.3, 0.4) is 0 Å². The number of amides is 1. The number of fused-ring (bicyclic) bond motifs is 1. The Morgan fingerprint density at radius 2 is 2.11 bits per heavy atom. The van der Waals surface area contributed by atoms with E-state index in [0.29, 0.717) is 4.88 Å². The Morgan fingerprint density at radius 1 is 1.36 bits per heavy atom. The van der Waals surface area contributed by atoms with Crippen molar-refractivity contribution in [1.29, 1.82) is 0 Å². The Labute approximate surface area is 169 Å². The van der Waals surface area contributed by atoms with Gasteiger partial charge in [0.05, 0.1) is 35.6 Å². The van der Waals surface area contributed by atoms with Crippen molar-refractivity contribution in [3.05, 3.63) is 16.8 Å². The Balaban J connectivity index is 1.68. The molecular formula is C19H29N5O3S. The van der Waals surface area contributed by atoms with E-state index in [1.165, 1.54) is 17.7 Å². The van der Waals surface area contributed by atoms with Crippen LogP contribution in [0.2, 0.25) is 0 Å². The van der Waals surface area contributed by atoms with Gasteiger partial charge in [0.15, 0.2) is 0 Å². The van der Waals surface area contributed by atoms with E-state index in [4.69, 9.17) is 4.74 Å². The molecule has 2 aromatic heterocycles. The second kappa shape index (κ2) is 9.13. The minimum absolute atomic E-state index is 0.127. The summed E-state index contributed by atoms with van der Waals surface area (Å²) in [6, 6.07) is 0. The predicted octanol–water partition coefficient (Wildman–Crippen LogP) is 1.63. The highest BCUT2D eigenvalue weighted by Gasteiger charge is 2.24. The number of aliphatic hydroxyl groups excluding tert-OH is 1. The summed E-state index contributed by atoms with van der Waals surface area (Å²) in [5.41, 5.74) is 0.189. The zero-order valence-electron chi connectivity index (χ0n) is 16.7. The number of nitrogens with one attached hydrogen (secondary N) is 2. The fourth-order valence-corrected chi connectivity index (χ4v) is 4.20. The van der Waals surface area contributed by atoms with Gasteiger partial charge in [-0.1, -0.05) is 0 Å². The summed E-state index contributed by atoms with van der Waals surface area (Å²) in [5, 5.41) is 16.6. The number of aryl methyl sites for hydroxylation is 1. The normalized spacial score (nSPS) is 15.7. The summed E-state index contributed by atoms with van der Waals surface area (Å²) >= 11 is 1.35. The van der Waals surface area contributed by atoms with Crippen molar-refractivity contribution in [3.8, 4) is 0 Å². The molecule has 3 heterocycles. The maximum absolute atomic E-state index is 12.7. The summed E-state index contributed by atoms with van der Waals surface area (Å²) in [4.78, 5) is 25.2. The van der Waals surface area contributed by atoms with E-state index < -0.39 is 5.54 Å². The lowest BCUT2D eigenvalue weighted by Crippen LogP contribution is -2.46. The Morgan fingerprint density at radius 3 is 2.82 bits per heavy atom. The van der Waals surface area contributed by atoms with Crippen molar-refractivity contribution in [2.24, 2.45) is 0 Å². The van der Waals surface area contributed by atoms with Gasteiger partial charge in [0, 0.05) is 19.6 Å². The molecule has 1 aliphatic heterocycles. The van der Waals surface area contributed by atoms with Crippen molar-refractivity contribution in [3.63, 3.8) is 0 Å². The van der Waals surface area contributed by atoms with E-state index in [1.54, 1.807) is 13.8 Å². The van der Waals surface area contributed by atoms with Crippen LogP contribution in [0.25, 0.3) is 10.2 Å². The van der Waals surface area contributed by atoms with Gasteiger partial charge < -0.3 is 20.5 Å². The van der Waals surface area contributed by atoms with Gasteiger partial charge in [-0.2, -0.15) is 0 Å². The number of nitrogens with zero attached hydrogens (tertiary/aromatic N) is 3. The number of aromatic nitrogens is 2. The van der Waals surface area contributed by atoms with Crippen molar-refractivity contribution in [2.45, 2.75) is 32.7 Å². The molecule has 1 fully saturated rings. The predicted molar refractivity (Wildman–Crippen MR) is 111 cm³/mol. The summed E-state index contributed by atoms with van der Waals surface area (Å²) in [7, 11) is 0. The molecule has 8 nitrogen and oxygen atoms in total. The Hall–Kier alpha value is -1.81. The van der Waals surface area contributed by atoms with Crippen molar-refractivity contribution < 1.29 is 14.6 Å². The number of morpholine rings is 1. The fourth-order valence-electron chi connectivity index (χ4n) is 3.16. The van der Waals surface area contributed by atoms with Crippen LogP contribution < -0.4 is 10.6 Å². The molecule has 0 spiro atoms. The number of aliphatic hydroxyl groups is 1. The minimum atomic E-state index is -0.675. The quantitative estimate of drug-likeness (QED) is 0.572. The average molecular weight is 408 g/mol. The topological polar surface area (TPSA) is 99.6 Å². The lowest BCUT2D eigenvalue weighted by molar-refractivity contribution is 0.0378. The lowest BCUT2D eigenvalue weighted by Gasteiger charge is -2.26. The number of carbonyl (C=O) groups excluding carboxylic acids is 1. The number of carbonyl (C=O) groups is 1. The zero-order chi connectivity index (χ0) is 20.1. The zero-order valence-corrected chi connectivity index (χ0v) is 17.6. The first-order valence-electron chi connectivity index (χ1n) is 9.63. The minimum Gasteiger partial charge on any atom is -0.394 e. The van der Waals surface area contributed by atoms with E-state index >= 15 is 0 Å². The van der Waals surface area contributed by atoms with E-state index in [0.717, 1.165) is 67.4 Å². The van der Waals surface area contributed by atoms with E-state index in [1.807, 2.05) is 6.92 Å². The summed E-state index contributed by atoms with van der Waals surface area (Å²) in [6.07, 6.45) is 2.54. The van der Waals surface area contributed by atoms with Crippen LogP contribution >= 0.6 is 11.3 Å². The summed E-state index contributed by atoms with van der Waals surface area (Å²) in [5.74, 6) is 0.569. The van der Waals surface area contributed by atoms with Crippen molar-refractivity contribution in [2.75, 3.05) is 51.3 Å². The molecule has 154 valence electrons. The third-order valence-electron chi connectivity index (χ3n) is 4.83. The molecule has 0 atom stereocenters. The molecular weight excluding hydrogens is 378 g/mol. The number of hydrogen-bond donors (Lipinski definition) is 3. The monoisotopic (exact) mass is 407 g/mol. The number of anilines is 1. The third kappa shape index (κ3) is 4.96. The Kier molecular flexibility index (Phi) is 6.82. The molecule has 3 rings (SSSR count). The summed E-state index contributed by atoms with van der Waals surface area (Å²) < 4.78 is 5.38. The van der Waals surface area contributed by atoms with E-state index in [-0.39, 0.29) is 12.5 Å². The standard InChI is InChI=1S/C19H29N5O3S/c1-13-14-16(20-5-4-6-24-7-9-27-10-8-24)21-12-22-18(14)28-15(13)17(26)23-19(2,3)11-25/h12,25H,4-11H2,1-3H3,(H,23,26)(H,20,21,22). The molecule has 0 unspecified atom stereocenters. The lowest BCUT2D eigenvalue weighted by atomic mass is 10.1. The molecule has 2 aromatic rings. The van der Waals surface area contributed by atoms with Gasteiger partial charge in [0.1, 0.15) is 17.0 Å². The van der Waals surface area contributed by atoms with Gasteiger partial charge >= 0.3 is 0 Å². The van der Waals surface area contributed by atoms with Crippen LogP contribution in [0.1, 0.15) is 35.5 Å². The fraction of sp³-hybridized carbons (Fsp3) is 0.632. The largest absolute Gasteiger partial charge is 0.394 e. The first kappa shape index (κ1) is 20.9. The maximum atomic E-state index is 12.7. The molecule has 9 heteroatoms. The second-order valence-electron chi connectivity index (χ2n) is 7.69. The highest BCUT2D eigenvalue weighted by Crippen LogP contribution is 2.33. The van der Waals surface area contributed by atoms with Crippen LogP contribution in [0, 0.1) is 6.92 Å². The van der Waals surface area contributed by atoms with Crippen molar-refractivity contribution >= 4 is 33.3 Å². The van der Waals surface area contributed by atoms with Crippen LogP contribution in [-0.4, -0.2) is 77.4 Å². The molecule has 1 saturated heterocycles. The van der Waals surface area contributed by atoms with E-state index in [2.05, 4.69) is 25.5 Å². The first-order chi connectivity index (χ1) is 13.4. The molecule has 0 aromatic carbocycles. The van der Waals surface area contributed by atoms with Crippen LogP contribution in [0.15, 0.2) is 6.33 Å². The van der Waals surface area contributed by atoms with Gasteiger partial charge in [-0.15, -0.1) is 11.3 Å². The van der Waals surface area contributed by atoms with Gasteiger partial charge in [0.2, 0.25) is 0 Å². The second-order valence-corrected chi connectivity index (χ2v) is 8.69.